The molecule has 4 saturated carbocycles. The molecule has 0 bridgehead atoms. The van der Waals surface area contributed by atoms with Crippen molar-refractivity contribution in [3.63, 3.8) is 0 Å². The third-order valence-electron chi connectivity index (χ3n) is 10.3. The quantitative estimate of drug-likeness (QED) is 0.716. The first-order chi connectivity index (χ1) is 14.3. The Labute approximate surface area is 179 Å². The molecule has 1 aromatic heterocycles. The number of nitrogens with one attached hydrogen (secondary N) is 1. The average molecular weight is 416 g/mol. The Morgan fingerprint density at radius 1 is 1.07 bits per heavy atom. The van der Waals surface area contributed by atoms with Gasteiger partial charge in [0.2, 0.25) is 0 Å². The van der Waals surface area contributed by atoms with Gasteiger partial charge in [0, 0.05) is 17.5 Å². The molecule has 4 fully saturated rings. The first-order valence-corrected chi connectivity index (χ1v) is 11.9. The second kappa shape index (κ2) is 7.18. The third-order valence-corrected chi connectivity index (χ3v) is 10.3. The molecule has 166 valence electrons. The van der Waals surface area contributed by atoms with Gasteiger partial charge in [-0.15, -0.1) is 0 Å². The monoisotopic (exact) mass is 415 g/mol. The van der Waals surface area contributed by atoms with Crippen molar-refractivity contribution in [1.29, 1.82) is 0 Å². The van der Waals surface area contributed by atoms with Gasteiger partial charge < -0.3 is 14.4 Å². The smallest absolute Gasteiger partial charge is 0.335 e. The zero-order chi connectivity index (χ0) is 21.1. The van der Waals surface area contributed by atoms with Crippen LogP contribution in [0.15, 0.2) is 27.6 Å². The second-order valence-corrected chi connectivity index (χ2v) is 11.1. The maximum atomic E-state index is 12.3. The van der Waals surface area contributed by atoms with Gasteiger partial charge in [-0.25, -0.2) is 4.79 Å². The number of hydrogen-bond acceptors (Lipinski definition) is 5. The van der Waals surface area contributed by atoms with Crippen molar-refractivity contribution in [3.8, 4) is 0 Å². The van der Waals surface area contributed by atoms with Crippen LogP contribution >= 0.6 is 0 Å². The van der Waals surface area contributed by atoms with Crippen LogP contribution in [0.4, 0.5) is 0 Å². The van der Waals surface area contributed by atoms with Crippen LogP contribution in [0.5, 0.6) is 0 Å². The molecule has 0 saturated heterocycles. The SMILES string of the molecule is CON[C@H]1CC[C@@]2(C)[C@H](CC[C@@H]3[C@@H]2CC[C@]2(C)[C@@H](c4ccc(=O)oc4)CC[C@]32O)C1. The summed E-state index contributed by atoms with van der Waals surface area (Å²) in [7, 11) is 1.72. The van der Waals surface area contributed by atoms with Crippen molar-refractivity contribution in [2.45, 2.75) is 89.2 Å². The zero-order valence-electron chi connectivity index (χ0n) is 18.7. The highest BCUT2D eigenvalue weighted by molar-refractivity contribution is 5.27. The Morgan fingerprint density at radius 3 is 2.63 bits per heavy atom. The number of hydrogen-bond donors (Lipinski definition) is 2. The molecule has 0 aromatic carbocycles. The Bertz CT molecular complexity index is 833. The van der Waals surface area contributed by atoms with Gasteiger partial charge in [0.05, 0.1) is 19.0 Å². The highest BCUT2D eigenvalue weighted by atomic mass is 16.6. The van der Waals surface area contributed by atoms with Crippen molar-refractivity contribution >= 4 is 0 Å². The lowest BCUT2D eigenvalue weighted by Crippen LogP contribution is -2.62. The summed E-state index contributed by atoms with van der Waals surface area (Å²) in [6.45, 7) is 4.82. The van der Waals surface area contributed by atoms with Gasteiger partial charge in [-0.05, 0) is 98.5 Å². The number of fused-ring (bicyclic) bond motifs is 5. The van der Waals surface area contributed by atoms with Crippen LogP contribution in [0.2, 0.25) is 0 Å². The molecule has 0 amide bonds. The molecule has 8 atom stereocenters. The molecule has 5 heteroatoms. The molecule has 0 spiro atoms. The maximum absolute atomic E-state index is 12.3. The Morgan fingerprint density at radius 2 is 1.90 bits per heavy atom. The van der Waals surface area contributed by atoms with E-state index in [2.05, 4.69) is 19.3 Å². The summed E-state index contributed by atoms with van der Waals surface area (Å²) in [6, 6.07) is 3.91. The van der Waals surface area contributed by atoms with Crippen LogP contribution in [0.25, 0.3) is 0 Å². The van der Waals surface area contributed by atoms with Crippen LogP contribution in [-0.2, 0) is 4.84 Å². The molecule has 5 rings (SSSR count). The van der Waals surface area contributed by atoms with E-state index in [-0.39, 0.29) is 17.0 Å². The van der Waals surface area contributed by atoms with Crippen LogP contribution in [-0.4, -0.2) is 23.9 Å². The van der Waals surface area contributed by atoms with E-state index in [4.69, 9.17) is 9.25 Å². The maximum Gasteiger partial charge on any atom is 0.335 e. The fourth-order valence-corrected chi connectivity index (χ4v) is 8.60. The minimum Gasteiger partial charge on any atom is -0.431 e. The molecule has 30 heavy (non-hydrogen) atoms. The molecule has 0 radical (unpaired) electrons. The largest absolute Gasteiger partial charge is 0.431 e. The van der Waals surface area contributed by atoms with Crippen LogP contribution in [0.1, 0.15) is 83.1 Å². The number of rotatable bonds is 3. The van der Waals surface area contributed by atoms with E-state index in [9.17, 15) is 9.90 Å². The average Bonchev–Trinajstić information content (AvgIpc) is 3.01. The van der Waals surface area contributed by atoms with Gasteiger partial charge in [-0.1, -0.05) is 13.8 Å². The summed E-state index contributed by atoms with van der Waals surface area (Å²) in [5.74, 6) is 1.96. The molecule has 0 unspecified atom stereocenters. The van der Waals surface area contributed by atoms with Crippen molar-refractivity contribution in [2.75, 3.05) is 7.11 Å². The van der Waals surface area contributed by atoms with Crippen LogP contribution in [0.3, 0.4) is 0 Å². The van der Waals surface area contributed by atoms with E-state index in [1.807, 2.05) is 6.07 Å². The minimum absolute atomic E-state index is 0.147. The lowest BCUT2D eigenvalue weighted by molar-refractivity contribution is -0.203. The van der Waals surface area contributed by atoms with Crippen molar-refractivity contribution < 1.29 is 14.4 Å². The van der Waals surface area contributed by atoms with E-state index >= 15 is 0 Å². The highest BCUT2D eigenvalue weighted by Crippen LogP contribution is 2.70. The molecule has 2 N–H and O–H groups in total. The molecular weight excluding hydrogens is 378 g/mol. The normalized spacial score (nSPS) is 47.9. The lowest BCUT2D eigenvalue weighted by Gasteiger charge is -2.63. The Hall–Kier alpha value is -1.17. The van der Waals surface area contributed by atoms with Crippen molar-refractivity contribution in [1.82, 2.24) is 5.48 Å². The predicted octanol–water partition coefficient (Wildman–Crippen LogP) is 4.40. The molecule has 0 aliphatic heterocycles. The summed E-state index contributed by atoms with van der Waals surface area (Å²) >= 11 is 0. The fourth-order valence-electron chi connectivity index (χ4n) is 8.60. The first kappa shape index (κ1) is 20.7. The predicted molar refractivity (Wildman–Crippen MR) is 115 cm³/mol. The summed E-state index contributed by atoms with van der Waals surface area (Å²) in [6.07, 6.45) is 11.6. The van der Waals surface area contributed by atoms with E-state index in [0.29, 0.717) is 29.2 Å². The fraction of sp³-hybridized carbons (Fsp3) is 0.800. The number of aliphatic hydroxyl groups is 1. The van der Waals surface area contributed by atoms with Gasteiger partial charge in [0.15, 0.2) is 0 Å². The minimum atomic E-state index is -0.619. The summed E-state index contributed by atoms with van der Waals surface area (Å²) in [4.78, 5) is 16.7. The topological polar surface area (TPSA) is 71.7 Å². The zero-order valence-corrected chi connectivity index (χ0v) is 18.7. The van der Waals surface area contributed by atoms with E-state index < -0.39 is 5.60 Å². The molecule has 5 nitrogen and oxygen atoms in total. The summed E-state index contributed by atoms with van der Waals surface area (Å²) in [5.41, 5.74) is 3.54. The van der Waals surface area contributed by atoms with E-state index in [1.54, 1.807) is 13.4 Å². The molecular formula is C25H37NO4. The summed E-state index contributed by atoms with van der Waals surface area (Å²) in [5, 5.41) is 12.3. The number of hydroxylamine groups is 1. The molecule has 4 aliphatic rings. The Kier molecular flexibility index (Phi) is 4.96. The first-order valence-electron chi connectivity index (χ1n) is 11.9. The van der Waals surface area contributed by atoms with Crippen LogP contribution in [0, 0.1) is 28.6 Å². The third kappa shape index (κ3) is 2.81. The lowest BCUT2D eigenvalue weighted by atomic mass is 9.43. The second-order valence-electron chi connectivity index (χ2n) is 11.1. The van der Waals surface area contributed by atoms with Gasteiger partial charge in [0.25, 0.3) is 0 Å². The van der Waals surface area contributed by atoms with E-state index in [1.165, 1.54) is 31.7 Å². The highest BCUT2D eigenvalue weighted by Gasteiger charge is 2.67. The van der Waals surface area contributed by atoms with Gasteiger partial charge in [-0.2, -0.15) is 5.48 Å². The van der Waals surface area contributed by atoms with E-state index in [0.717, 1.165) is 37.7 Å². The molecule has 4 aliphatic carbocycles. The van der Waals surface area contributed by atoms with Crippen molar-refractivity contribution in [2.24, 2.45) is 28.6 Å². The van der Waals surface area contributed by atoms with Crippen LogP contribution < -0.4 is 11.1 Å². The summed E-state index contributed by atoms with van der Waals surface area (Å²) < 4.78 is 5.20. The Balaban J connectivity index is 1.43. The van der Waals surface area contributed by atoms with Gasteiger partial charge in [-0.3, -0.25) is 0 Å². The standard InChI is InChI=1S/C25H37NO4/c1-23-11-8-18(26-29-3)14-17(23)5-6-21-20(23)9-12-24(2)19(10-13-25(21,24)28)16-4-7-22(27)30-15-16/h4,7,15,17-21,26,28H,5-6,8-14H2,1-3H3/t17-,18+,19-,20+,21-,23+,24-,25+/m1/s1. The van der Waals surface area contributed by atoms with Crippen molar-refractivity contribution in [3.05, 3.63) is 34.4 Å². The van der Waals surface area contributed by atoms with Gasteiger partial charge in [0.1, 0.15) is 0 Å². The van der Waals surface area contributed by atoms with Gasteiger partial charge >= 0.3 is 5.63 Å². The molecule has 1 aromatic rings. The molecule has 1 heterocycles.